The van der Waals surface area contributed by atoms with Gasteiger partial charge in [0.05, 0.1) is 20.8 Å². The van der Waals surface area contributed by atoms with Crippen LogP contribution >= 0.6 is 24.0 Å². The van der Waals surface area contributed by atoms with Crippen molar-refractivity contribution in [2.24, 2.45) is 4.99 Å². The fourth-order valence-corrected chi connectivity index (χ4v) is 3.30. The van der Waals surface area contributed by atoms with Crippen molar-refractivity contribution in [3.63, 3.8) is 0 Å². The van der Waals surface area contributed by atoms with Crippen molar-refractivity contribution in [3.05, 3.63) is 23.8 Å². The summed E-state index contributed by atoms with van der Waals surface area (Å²) in [5, 5.41) is 6.77. The number of ether oxygens (including phenoxy) is 2. The zero-order valence-electron chi connectivity index (χ0n) is 17.1. The molecule has 1 aliphatic heterocycles. The number of nitrogens with one attached hydrogen (secondary N) is 2. The number of aliphatic imine (C=N–C) groups is 1. The molecule has 1 heterocycles. The molecule has 0 bridgehead atoms. The number of halogens is 1. The third-order valence-corrected chi connectivity index (χ3v) is 4.84. The van der Waals surface area contributed by atoms with Crippen molar-refractivity contribution >= 4 is 29.9 Å². The molecule has 154 valence electrons. The van der Waals surface area contributed by atoms with Gasteiger partial charge in [0.15, 0.2) is 17.5 Å². The SMILES string of the molecule is CCNC(=NCc1ccc(OC)c(OC)c1)NCCN1CCCCC1C.I. The Morgan fingerprint density at radius 2 is 1.96 bits per heavy atom. The van der Waals surface area contributed by atoms with Crippen LogP contribution in [0.2, 0.25) is 0 Å². The second-order valence-corrected chi connectivity index (χ2v) is 6.69. The quantitative estimate of drug-likeness (QED) is 0.333. The van der Waals surface area contributed by atoms with E-state index >= 15 is 0 Å². The first kappa shape index (κ1) is 23.8. The summed E-state index contributed by atoms with van der Waals surface area (Å²) in [6, 6.07) is 6.60. The predicted molar refractivity (Wildman–Crippen MR) is 123 cm³/mol. The summed E-state index contributed by atoms with van der Waals surface area (Å²) in [4.78, 5) is 7.26. The van der Waals surface area contributed by atoms with Crippen LogP contribution in [0.4, 0.5) is 0 Å². The van der Waals surface area contributed by atoms with Crippen LogP contribution in [-0.2, 0) is 6.54 Å². The van der Waals surface area contributed by atoms with Crippen LogP contribution in [0.3, 0.4) is 0 Å². The summed E-state index contributed by atoms with van der Waals surface area (Å²) >= 11 is 0. The normalized spacial score (nSPS) is 17.8. The monoisotopic (exact) mass is 490 g/mol. The number of piperidine rings is 1. The lowest BCUT2D eigenvalue weighted by molar-refractivity contribution is 0.163. The Morgan fingerprint density at radius 3 is 2.63 bits per heavy atom. The van der Waals surface area contributed by atoms with E-state index < -0.39 is 0 Å². The summed E-state index contributed by atoms with van der Waals surface area (Å²) in [6.07, 6.45) is 3.99. The first-order valence-electron chi connectivity index (χ1n) is 9.65. The average molecular weight is 490 g/mol. The van der Waals surface area contributed by atoms with Gasteiger partial charge in [0.2, 0.25) is 0 Å². The lowest BCUT2D eigenvalue weighted by Gasteiger charge is -2.33. The highest BCUT2D eigenvalue weighted by Crippen LogP contribution is 2.27. The van der Waals surface area contributed by atoms with Crippen LogP contribution in [0.1, 0.15) is 38.7 Å². The van der Waals surface area contributed by atoms with Gasteiger partial charge in [-0.15, -0.1) is 24.0 Å². The predicted octanol–water partition coefficient (Wildman–Crippen LogP) is 3.25. The van der Waals surface area contributed by atoms with E-state index in [-0.39, 0.29) is 24.0 Å². The van der Waals surface area contributed by atoms with Crippen molar-refractivity contribution in [1.29, 1.82) is 0 Å². The van der Waals surface area contributed by atoms with Gasteiger partial charge in [-0.25, -0.2) is 4.99 Å². The Balaban J connectivity index is 0.00000364. The molecule has 7 heteroatoms. The highest BCUT2D eigenvalue weighted by Gasteiger charge is 2.17. The third-order valence-electron chi connectivity index (χ3n) is 4.84. The zero-order chi connectivity index (χ0) is 18.8. The van der Waals surface area contributed by atoms with Crippen molar-refractivity contribution in [1.82, 2.24) is 15.5 Å². The van der Waals surface area contributed by atoms with Crippen molar-refractivity contribution < 1.29 is 9.47 Å². The standard InChI is InChI=1S/C20H34N4O2.HI/c1-5-21-20(22-11-13-24-12-7-6-8-16(24)2)23-15-17-9-10-18(25-3)19(14-17)26-4;/h9-10,14,16H,5-8,11-13,15H2,1-4H3,(H2,21,22,23);1H. The minimum atomic E-state index is 0. The molecular formula is C20H35IN4O2. The molecule has 0 radical (unpaired) electrons. The van der Waals surface area contributed by atoms with Gasteiger partial charge in [-0.1, -0.05) is 12.5 Å². The third kappa shape index (κ3) is 7.73. The molecule has 0 saturated carbocycles. The van der Waals surface area contributed by atoms with Crippen LogP contribution in [0.5, 0.6) is 11.5 Å². The van der Waals surface area contributed by atoms with Crippen LogP contribution in [-0.4, -0.2) is 57.3 Å². The Kier molecular flexibility index (Phi) is 11.5. The molecule has 6 nitrogen and oxygen atoms in total. The highest BCUT2D eigenvalue weighted by molar-refractivity contribution is 14.0. The maximum Gasteiger partial charge on any atom is 0.191 e. The number of methoxy groups -OCH3 is 2. The molecule has 1 aliphatic rings. The van der Waals surface area contributed by atoms with E-state index in [2.05, 4.69) is 29.4 Å². The first-order chi connectivity index (χ1) is 12.7. The van der Waals surface area contributed by atoms with Crippen LogP contribution in [0.25, 0.3) is 0 Å². The van der Waals surface area contributed by atoms with Gasteiger partial charge in [-0.2, -0.15) is 0 Å². The number of benzene rings is 1. The number of hydrogen-bond acceptors (Lipinski definition) is 4. The van der Waals surface area contributed by atoms with Gasteiger partial charge in [0, 0.05) is 25.7 Å². The van der Waals surface area contributed by atoms with E-state index in [9.17, 15) is 0 Å². The Hall–Kier alpha value is -1.22. The van der Waals surface area contributed by atoms with Crippen LogP contribution in [0.15, 0.2) is 23.2 Å². The lowest BCUT2D eigenvalue weighted by atomic mass is 10.0. The minimum Gasteiger partial charge on any atom is -0.493 e. The second kappa shape index (κ2) is 13.0. The van der Waals surface area contributed by atoms with Gasteiger partial charge < -0.3 is 20.1 Å². The summed E-state index contributed by atoms with van der Waals surface area (Å²) in [7, 11) is 3.30. The Bertz CT molecular complexity index is 583. The number of likely N-dealkylation sites (tertiary alicyclic amines) is 1. The maximum absolute atomic E-state index is 5.36. The molecule has 1 unspecified atom stereocenters. The molecule has 0 spiro atoms. The molecule has 0 aliphatic carbocycles. The molecule has 2 rings (SSSR count). The molecule has 1 saturated heterocycles. The topological polar surface area (TPSA) is 58.1 Å². The van der Waals surface area contributed by atoms with Crippen molar-refractivity contribution in [3.8, 4) is 11.5 Å². The summed E-state index contributed by atoms with van der Waals surface area (Å²) in [5.74, 6) is 2.32. The lowest BCUT2D eigenvalue weighted by Crippen LogP contribution is -2.45. The molecule has 1 fully saturated rings. The van der Waals surface area contributed by atoms with E-state index in [4.69, 9.17) is 14.5 Å². The van der Waals surface area contributed by atoms with E-state index in [1.165, 1.54) is 25.8 Å². The van der Waals surface area contributed by atoms with E-state index in [1.54, 1.807) is 14.2 Å². The minimum absolute atomic E-state index is 0. The first-order valence-corrected chi connectivity index (χ1v) is 9.65. The average Bonchev–Trinajstić information content (AvgIpc) is 2.67. The van der Waals surface area contributed by atoms with Crippen molar-refractivity contribution in [2.45, 2.75) is 45.7 Å². The van der Waals surface area contributed by atoms with Gasteiger partial charge in [-0.3, -0.25) is 4.90 Å². The van der Waals surface area contributed by atoms with Gasteiger partial charge >= 0.3 is 0 Å². The fraction of sp³-hybridized carbons (Fsp3) is 0.650. The second-order valence-electron chi connectivity index (χ2n) is 6.69. The molecule has 1 aromatic carbocycles. The zero-order valence-corrected chi connectivity index (χ0v) is 19.4. The summed E-state index contributed by atoms with van der Waals surface area (Å²) in [6.45, 7) is 9.02. The van der Waals surface area contributed by atoms with Crippen molar-refractivity contribution in [2.75, 3.05) is 40.4 Å². The Morgan fingerprint density at radius 1 is 1.19 bits per heavy atom. The molecular weight excluding hydrogens is 455 g/mol. The molecule has 0 amide bonds. The number of rotatable bonds is 8. The summed E-state index contributed by atoms with van der Waals surface area (Å²) in [5.41, 5.74) is 1.09. The van der Waals surface area contributed by atoms with Gasteiger partial charge in [0.1, 0.15) is 0 Å². The largest absolute Gasteiger partial charge is 0.493 e. The van der Waals surface area contributed by atoms with E-state index in [1.807, 2.05) is 18.2 Å². The number of hydrogen-bond donors (Lipinski definition) is 2. The maximum atomic E-state index is 5.36. The van der Waals surface area contributed by atoms with Crippen LogP contribution in [0, 0.1) is 0 Å². The van der Waals surface area contributed by atoms with Crippen LogP contribution < -0.4 is 20.1 Å². The highest BCUT2D eigenvalue weighted by atomic mass is 127. The van der Waals surface area contributed by atoms with E-state index in [0.717, 1.165) is 42.7 Å². The van der Waals surface area contributed by atoms with E-state index in [0.29, 0.717) is 12.6 Å². The molecule has 0 aromatic heterocycles. The number of guanidine groups is 1. The Labute approximate surface area is 181 Å². The number of nitrogens with zero attached hydrogens (tertiary/aromatic N) is 2. The fourth-order valence-electron chi connectivity index (χ4n) is 3.30. The van der Waals surface area contributed by atoms with Gasteiger partial charge in [0.25, 0.3) is 0 Å². The smallest absolute Gasteiger partial charge is 0.191 e. The molecule has 1 atom stereocenters. The molecule has 27 heavy (non-hydrogen) atoms. The van der Waals surface area contributed by atoms with Gasteiger partial charge in [-0.05, 0) is 50.9 Å². The molecule has 2 N–H and O–H groups in total. The summed E-state index contributed by atoms with van der Waals surface area (Å²) < 4.78 is 10.6. The molecule has 1 aromatic rings.